The first-order valence-electron chi connectivity index (χ1n) is 7.87. The molecule has 0 N–H and O–H groups in total. The van der Waals surface area contributed by atoms with Crippen LogP contribution in [0, 0.1) is 0 Å². The Labute approximate surface area is 153 Å². The maximum absolute atomic E-state index is 12.3. The van der Waals surface area contributed by atoms with Gasteiger partial charge in [0, 0.05) is 19.4 Å². The molecule has 0 unspecified atom stereocenters. The first-order valence-corrected chi connectivity index (χ1v) is 7.87. The maximum atomic E-state index is 12.3. The lowest BCUT2D eigenvalue weighted by atomic mass is 10.2. The van der Waals surface area contributed by atoms with Crippen molar-refractivity contribution in [2.45, 2.75) is 13.8 Å². The molecule has 0 aliphatic rings. The van der Waals surface area contributed by atoms with E-state index in [4.69, 9.17) is 18.6 Å². The lowest BCUT2D eigenvalue weighted by Gasteiger charge is -2.09. The Hall–Kier alpha value is -3.68. The molecule has 0 fully saturated rings. The quantitative estimate of drug-likeness (QED) is 0.511. The molecule has 1 heterocycles. The average Bonchev–Trinajstić information content (AvgIpc) is 2.61. The Morgan fingerprint density at radius 2 is 1.70 bits per heavy atom. The molecule has 0 aliphatic carbocycles. The van der Waals surface area contributed by atoms with Crippen molar-refractivity contribution in [3.8, 4) is 28.7 Å². The van der Waals surface area contributed by atoms with Crippen molar-refractivity contribution in [1.82, 2.24) is 4.98 Å². The fraction of sp³-hybridized carbons (Fsp3) is 0.158. The number of carbonyl (C=O) groups is 2. The molecule has 138 valence electrons. The molecule has 0 saturated heterocycles. The normalized spacial score (nSPS) is 10.5. The predicted molar refractivity (Wildman–Crippen MR) is 94.9 cm³/mol. The van der Waals surface area contributed by atoms with Crippen LogP contribution in [0.5, 0.6) is 17.2 Å². The van der Waals surface area contributed by atoms with Crippen molar-refractivity contribution < 1.29 is 28.2 Å². The number of ether oxygens (including phenoxy) is 3. The Morgan fingerprint density at radius 1 is 0.963 bits per heavy atom. The second-order valence-electron chi connectivity index (χ2n) is 5.54. The van der Waals surface area contributed by atoms with Gasteiger partial charge in [0.2, 0.25) is 5.89 Å². The van der Waals surface area contributed by atoms with Gasteiger partial charge in [0.05, 0.1) is 18.0 Å². The van der Waals surface area contributed by atoms with Gasteiger partial charge in [0.1, 0.15) is 5.75 Å². The molecule has 3 rings (SSSR count). The highest BCUT2D eigenvalue weighted by molar-refractivity contribution is 5.81. The van der Waals surface area contributed by atoms with E-state index in [0.29, 0.717) is 11.1 Å². The fourth-order valence-corrected chi connectivity index (χ4v) is 2.44. The van der Waals surface area contributed by atoms with Crippen molar-refractivity contribution in [1.29, 1.82) is 0 Å². The van der Waals surface area contributed by atoms with Gasteiger partial charge in [-0.15, -0.1) is 0 Å². The summed E-state index contributed by atoms with van der Waals surface area (Å²) in [6, 6.07) is 9.13. The zero-order valence-electron chi connectivity index (χ0n) is 14.8. The van der Waals surface area contributed by atoms with Crippen LogP contribution >= 0.6 is 0 Å². The summed E-state index contributed by atoms with van der Waals surface area (Å²) in [6.45, 7) is 2.54. The summed E-state index contributed by atoms with van der Waals surface area (Å²) < 4.78 is 20.5. The van der Waals surface area contributed by atoms with Crippen molar-refractivity contribution in [2.75, 3.05) is 7.11 Å². The van der Waals surface area contributed by atoms with E-state index >= 15 is 0 Å². The first-order chi connectivity index (χ1) is 12.9. The van der Waals surface area contributed by atoms with Gasteiger partial charge in [-0.1, -0.05) is 0 Å². The zero-order valence-corrected chi connectivity index (χ0v) is 14.8. The molecule has 8 heteroatoms. The van der Waals surface area contributed by atoms with E-state index in [0.717, 1.165) is 0 Å². The van der Waals surface area contributed by atoms with E-state index in [1.54, 1.807) is 18.2 Å². The molecule has 0 saturated carbocycles. The van der Waals surface area contributed by atoms with Crippen LogP contribution in [0.4, 0.5) is 0 Å². The summed E-state index contributed by atoms with van der Waals surface area (Å²) in [5.41, 5.74) is 0.207. The number of methoxy groups -OCH3 is 1. The molecule has 2 aromatic carbocycles. The second-order valence-corrected chi connectivity index (χ2v) is 5.54. The number of hydrogen-bond donors (Lipinski definition) is 0. The van der Waals surface area contributed by atoms with Crippen LogP contribution in [0.15, 0.2) is 45.6 Å². The number of benzene rings is 2. The van der Waals surface area contributed by atoms with Crippen molar-refractivity contribution >= 4 is 22.8 Å². The maximum Gasteiger partial charge on any atom is 0.347 e. The first kappa shape index (κ1) is 18.1. The molecule has 27 heavy (non-hydrogen) atoms. The number of carbonyl (C=O) groups excluding carboxylic acids is 2. The molecule has 0 radical (unpaired) electrons. The van der Waals surface area contributed by atoms with Crippen molar-refractivity contribution in [3.63, 3.8) is 0 Å². The van der Waals surface area contributed by atoms with E-state index in [1.165, 1.54) is 39.2 Å². The highest BCUT2D eigenvalue weighted by Crippen LogP contribution is 2.32. The monoisotopic (exact) mass is 369 g/mol. The van der Waals surface area contributed by atoms with E-state index in [2.05, 4.69) is 4.98 Å². The minimum absolute atomic E-state index is 0.0698. The molecule has 0 amide bonds. The van der Waals surface area contributed by atoms with Crippen molar-refractivity contribution in [2.24, 2.45) is 0 Å². The molecular formula is C19H15NO7. The SMILES string of the molecule is COc1cc(-c2nc3ccc(OC(C)=O)cc3c(=O)o2)ccc1OC(C)=O. The summed E-state index contributed by atoms with van der Waals surface area (Å²) in [5.74, 6) is -0.159. The van der Waals surface area contributed by atoms with Crippen LogP contribution < -0.4 is 19.8 Å². The molecular weight excluding hydrogens is 354 g/mol. The van der Waals surface area contributed by atoms with E-state index < -0.39 is 17.6 Å². The van der Waals surface area contributed by atoms with Crippen LogP contribution in [0.2, 0.25) is 0 Å². The summed E-state index contributed by atoms with van der Waals surface area (Å²) >= 11 is 0. The zero-order chi connectivity index (χ0) is 19.6. The number of nitrogens with zero attached hydrogens (tertiary/aromatic N) is 1. The summed E-state index contributed by atoms with van der Waals surface area (Å²) in [5, 5.41) is 0.181. The van der Waals surface area contributed by atoms with E-state index in [9.17, 15) is 14.4 Å². The van der Waals surface area contributed by atoms with Crippen LogP contribution in [0.1, 0.15) is 13.8 Å². The van der Waals surface area contributed by atoms with Gasteiger partial charge in [0.15, 0.2) is 11.5 Å². The van der Waals surface area contributed by atoms with Crippen LogP contribution in [-0.2, 0) is 9.59 Å². The van der Waals surface area contributed by atoms with Crippen molar-refractivity contribution in [3.05, 3.63) is 46.8 Å². The summed E-state index contributed by atoms with van der Waals surface area (Å²) in [6.07, 6.45) is 0. The smallest absolute Gasteiger partial charge is 0.347 e. The molecule has 0 spiro atoms. The third kappa shape index (κ3) is 3.95. The van der Waals surface area contributed by atoms with Gasteiger partial charge >= 0.3 is 17.6 Å². The Bertz CT molecular complexity index is 1100. The van der Waals surface area contributed by atoms with Gasteiger partial charge in [0.25, 0.3) is 0 Å². The fourth-order valence-electron chi connectivity index (χ4n) is 2.44. The largest absolute Gasteiger partial charge is 0.493 e. The Morgan fingerprint density at radius 3 is 2.37 bits per heavy atom. The average molecular weight is 369 g/mol. The molecule has 0 bridgehead atoms. The lowest BCUT2D eigenvalue weighted by molar-refractivity contribution is -0.132. The Kier molecular flexibility index (Phi) is 4.89. The van der Waals surface area contributed by atoms with E-state index in [1.807, 2.05) is 0 Å². The van der Waals surface area contributed by atoms with Gasteiger partial charge in [-0.2, -0.15) is 0 Å². The number of fused-ring (bicyclic) bond motifs is 1. The van der Waals surface area contributed by atoms with Crippen LogP contribution in [0.25, 0.3) is 22.4 Å². The standard InChI is InChI=1S/C19H15NO7/c1-10(21)25-13-5-6-15-14(9-13)19(23)27-18(20-15)12-4-7-16(26-11(2)22)17(8-12)24-3/h4-9H,1-3H3. The van der Waals surface area contributed by atoms with Gasteiger partial charge < -0.3 is 18.6 Å². The number of hydrogen-bond acceptors (Lipinski definition) is 8. The number of rotatable bonds is 4. The van der Waals surface area contributed by atoms with Gasteiger partial charge in [-0.3, -0.25) is 9.59 Å². The third-order valence-corrected chi connectivity index (χ3v) is 3.53. The highest BCUT2D eigenvalue weighted by Gasteiger charge is 2.14. The minimum Gasteiger partial charge on any atom is -0.493 e. The van der Waals surface area contributed by atoms with Crippen LogP contribution in [-0.4, -0.2) is 24.0 Å². The molecule has 8 nitrogen and oxygen atoms in total. The van der Waals surface area contributed by atoms with Crippen LogP contribution in [0.3, 0.4) is 0 Å². The number of esters is 2. The Balaban J connectivity index is 2.05. The van der Waals surface area contributed by atoms with Gasteiger partial charge in [-0.05, 0) is 36.4 Å². The molecule has 1 aromatic heterocycles. The topological polar surface area (TPSA) is 105 Å². The number of aromatic nitrogens is 1. The molecule has 0 aliphatic heterocycles. The molecule has 0 atom stereocenters. The summed E-state index contributed by atoms with van der Waals surface area (Å²) in [4.78, 5) is 38.8. The highest BCUT2D eigenvalue weighted by atomic mass is 16.6. The predicted octanol–water partition coefficient (Wildman–Crippen LogP) is 2.71. The van der Waals surface area contributed by atoms with E-state index in [-0.39, 0.29) is 28.5 Å². The third-order valence-electron chi connectivity index (χ3n) is 3.53. The lowest BCUT2D eigenvalue weighted by Crippen LogP contribution is -2.06. The minimum atomic E-state index is -0.632. The second kappa shape index (κ2) is 7.28. The summed E-state index contributed by atoms with van der Waals surface area (Å²) in [7, 11) is 1.42. The molecule has 3 aromatic rings. The van der Waals surface area contributed by atoms with Gasteiger partial charge in [-0.25, -0.2) is 9.78 Å².